The minimum absolute atomic E-state index is 0.120. The van der Waals surface area contributed by atoms with E-state index in [-0.39, 0.29) is 18.0 Å². The smallest absolute Gasteiger partial charge is 0.221 e. The highest BCUT2D eigenvalue weighted by atomic mass is 19.1. The average Bonchev–Trinajstić information content (AvgIpc) is 2.97. The highest BCUT2D eigenvalue weighted by Crippen LogP contribution is 2.19. The minimum Gasteiger partial charge on any atom is -0.366 e. The summed E-state index contributed by atoms with van der Waals surface area (Å²) in [6.45, 7) is 4.01. The first-order valence-corrected chi connectivity index (χ1v) is 8.49. The molecule has 1 aromatic heterocycles. The minimum atomic E-state index is -0.482. The third-order valence-corrected chi connectivity index (χ3v) is 4.08. The van der Waals surface area contributed by atoms with Crippen LogP contribution < -0.4 is 10.6 Å². The van der Waals surface area contributed by atoms with E-state index in [4.69, 9.17) is 0 Å². The molecule has 7 heteroatoms. The van der Waals surface area contributed by atoms with Crippen molar-refractivity contribution in [3.8, 4) is 0 Å². The van der Waals surface area contributed by atoms with E-state index in [1.165, 1.54) is 13.0 Å². The van der Waals surface area contributed by atoms with Crippen molar-refractivity contribution in [3.63, 3.8) is 0 Å². The van der Waals surface area contributed by atoms with Crippen LogP contribution in [-0.4, -0.2) is 15.7 Å². The SMILES string of the molecule is CC(=O)Nc1ccc(CNc2c(C)cnn2Cc2cc(F)ccc2F)cc1. The molecule has 3 rings (SSSR count). The molecule has 0 aliphatic rings. The van der Waals surface area contributed by atoms with Crippen molar-refractivity contribution in [3.05, 3.63) is 77.0 Å². The van der Waals surface area contributed by atoms with Crippen molar-refractivity contribution in [1.29, 1.82) is 0 Å². The van der Waals surface area contributed by atoms with Crippen molar-refractivity contribution in [1.82, 2.24) is 9.78 Å². The quantitative estimate of drug-likeness (QED) is 0.687. The molecule has 0 aliphatic heterocycles. The second-order valence-electron chi connectivity index (χ2n) is 6.30. The Hall–Kier alpha value is -3.22. The van der Waals surface area contributed by atoms with E-state index in [2.05, 4.69) is 15.7 Å². The molecule has 0 unspecified atom stereocenters. The summed E-state index contributed by atoms with van der Waals surface area (Å²) in [7, 11) is 0. The number of aryl methyl sites for hydroxylation is 1. The Morgan fingerprint density at radius 3 is 2.59 bits per heavy atom. The lowest BCUT2D eigenvalue weighted by Gasteiger charge is -2.12. The van der Waals surface area contributed by atoms with Crippen LogP contribution in [0.2, 0.25) is 0 Å². The lowest BCUT2D eigenvalue weighted by atomic mass is 10.2. The molecule has 2 N–H and O–H groups in total. The van der Waals surface area contributed by atoms with Crippen molar-refractivity contribution < 1.29 is 13.6 Å². The van der Waals surface area contributed by atoms with E-state index >= 15 is 0 Å². The highest BCUT2D eigenvalue weighted by molar-refractivity contribution is 5.88. The maximum Gasteiger partial charge on any atom is 0.221 e. The number of aromatic nitrogens is 2. The number of carbonyl (C=O) groups excluding carboxylic acids is 1. The van der Waals surface area contributed by atoms with E-state index in [0.717, 1.165) is 34.8 Å². The zero-order valence-electron chi connectivity index (χ0n) is 15.1. The second kappa shape index (κ2) is 7.99. The number of rotatable bonds is 6. The molecule has 3 aromatic rings. The van der Waals surface area contributed by atoms with Gasteiger partial charge >= 0.3 is 0 Å². The lowest BCUT2D eigenvalue weighted by Crippen LogP contribution is -2.11. The molecule has 140 valence electrons. The van der Waals surface area contributed by atoms with Gasteiger partial charge in [0.25, 0.3) is 0 Å². The van der Waals surface area contributed by atoms with Gasteiger partial charge in [0, 0.05) is 30.3 Å². The van der Waals surface area contributed by atoms with Gasteiger partial charge in [-0.3, -0.25) is 4.79 Å². The summed E-state index contributed by atoms with van der Waals surface area (Å²) in [5.74, 6) is -0.331. The van der Waals surface area contributed by atoms with Gasteiger partial charge in [0.2, 0.25) is 5.91 Å². The first-order chi connectivity index (χ1) is 12.9. The molecule has 2 aromatic carbocycles. The van der Waals surface area contributed by atoms with Crippen LogP contribution in [0.3, 0.4) is 0 Å². The first-order valence-electron chi connectivity index (χ1n) is 8.49. The third-order valence-electron chi connectivity index (χ3n) is 4.08. The molecule has 0 spiro atoms. The fraction of sp³-hybridized carbons (Fsp3) is 0.200. The molecule has 0 saturated heterocycles. The number of hydrogen-bond donors (Lipinski definition) is 2. The van der Waals surface area contributed by atoms with E-state index in [1.807, 2.05) is 31.2 Å². The molecule has 0 fully saturated rings. The molecule has 1 heterocycles. The summed E-state index contributed by atoms with van der Waals surface area (Å²) in [5.41, 5.74) is 2.88. The molecule has 27 heavy (non-hydrogen) atoms. The number of amides is 1. The van der Waals surface area contributed by atoms with Gasteiger partial charge in [-0.15, -0.1) is 0 Å². The fourth-order valence-electron chi connectivity index (χ4n) is 2.75. The number of halogens is 2. The number of carbonyl (C=O) groups is 1. The number of nitrogens with one attached hydrogen (secondary N) is 2. The Balaban J connectivity index is 1.71. The van der Waals surface area contributed by atoms with Crippen LogP contribution >= 0.6 is 0 Å². The molecule has 5 nitrogen and oxygen atoms in total. The van der Waals surface area contributed by atoms with Crippen LogP contribution in [-0.2, 0) is 17.9 Å². The molecule has 0 aliphatic carbocycles. The van der Waals surface area contributed by atoms with Gasteiger partial charge in [0.1, 0.15) is 17.5 Å². The normalized spacial score (nSPS) is 10.7. The van der Waals surface area contributed by atoms with Crippen molar-refractivity contribution in [2.45, 2.75) is 26.9 Å². The average molecular weight is 370 g/mol. The van der Waals surface area contributed by atoms with E-state index in [0.29, 0.717) is 6.54 Å². The Labute approximate surface area is 156 Å². The Morgan fingerprint density at radius 1 is 1.15 bits per heavy atom. The number of anilines is 2. The number of benzene rings is 2. The summed E-state index contributed by atoms with van der Waals surface area (Å²) in [6.07, 6.45) is 1.68. The zero-order chi connectivity index (χ0) is 19.4. The van der Waals surface area contributed by atoms with Crippen molar-refractivity contribution in [2.24, 2.45) is 0 Å². The number of nitrogens with zero attached hydrogens (tertiary/aromatic N) is 2. The van der Waals surface area contributed by atoms with Crippen LogP contribution in [0.4, 0.5) is 20.3 Å². The van der Waals surface area contributed by atoms with Crippen LogP contribution in [0.5, 0.6) is 0 Å². The Kier molecular flexibility index (Phi) is 5.49. The van der Waals surface area contributed by atoms with Gasteiger partial charge < -0.3 is 10.6 Å². The summed E-state index contributed by atoms with van der Waals surface area (Å²) < 4.78 is 28.9. The summed E-state index contributed by atoms with van der Waals surface area (Å²) in [5, 5.41) is 10.3. The molecule has 0 atom stereocenters. The van der Waals surface area contributed by atoms with E-state index in [9.17, 15) is 13.6 Å². The molecular weight excluding hydrogens is 350 g/mol. The predicted molar refractivity (Wildman–Crippen MR) is 100 cm³/mol. The van der Waals surface area contributed by atoms with Crippen LogP contribution in [0.25, 0.3) is 0 Å². The fourth-order valence-corrected chi connectivity index (χ4v) is 2.75. The van der Waals surface area contributed by atoms with Crippen molar-refractivity contribution in [2.75, 3.05) is 10.6 Å². The van der Waals surface area contributed by atoms with Crippen molar-refractivity contribution >= 4 is 17.4 Å². The topological polar surface area (TPSA) is 59.0 Å². The Bertz CT molecular complexity index is 951. The van der Waals surface area contributed by atoms with Gasteiger partial charge in [-0.2, -0.15) is 5.10 Å². The molecule has 0 saturated carbocycles. The standard InChI is InChI=1S/C20H20F2N4O/c1-13-10-24-26(12-16-9-17(21)5-8-19(16)22)20(13)23-11-15-3-6-18(7-4-15)25-14(2)27/h3-10,23H,11-12H2,1-2H3,(H,25,27). The summed E-state index contributed by atoms with van der Waals surface area (Å²) in [4.78, 5) is 11.1. The number of hydrogen-bond acceptors (Lipinski definition) is 3. The zero-order valence-corrected chi connectivity index (χ0v) is 15.1. The van der Waals surface area contributed by atoms with Gasteiger partial charge in [-0.1, -0.05) is 12.1 Å². The maximum atomic E-state index is 13.9. The highest BCUT2D eigenvalue weighted by Gasteiger charge is 2.11. The van der Waals surface area contributed by atoms with Crippen LogP contribution in [0, 0.1) is 18.6 Å². The van der Waals surface area contributed by atoms with Crippen LogP contribution in [0.15, 0.2) is 48.7 Å². The van der Waals surface area contributed by atoms with E-state index in [1.54, 1.807) is 10.9 Å². The third kappa shape index (κ3) is 4.69. The molecule has 0 radical (unpaired) electrons. The Morgan fingerprint density at radius 2 is 1.89 bits per heavy atom. The molecule has 0 bridgehead atoms. The maximum absolute atomic E-state index is 13.9. The largest absolute Gasteiger partial charge is 0.366 e. The first kappa shape index (κ1) is 18.6. The van der Waals surface area contributed by atoms with Gasteiger partial charge in [-0.25, -0.2) is 13.5 Å². The van der Waals surface area contributed by atoms with E-state index < -0.39 is 11.6 Å². The summed E-state index contributed by atoms with van der Waals surface area (Å²) >= 11 is 0. The van der Waals surface area contributed by atoms with Gasteiger partial charge in [-0.05, 0) is 42.8 Å². The summed E-state index contributed by atoms with van der Waals surface area (Å²) in [6, 6.07) is 10.8. The lowest BCUT2D eigenvalue weighted by molar-refractivity contribution is -0.114. The molecule has 1 amide bonds. The predicted octanol–water partition coefficient (Wildman–Crippen LogP) is 4.09. The monoisotopic (exact) mass is 370 g/mol. The van der Waals surface area contributed by atoms with Gasteiger partial charge in [0.15, 0.2) is 0 Å². The van der Waals surface area contributed by atoms with Gasteiger partial charge in [0.05, 0.1) is 12.7 Å². The molecular formula is C20H20F2N4O. The van der Waals surface area contributed by atoms with Crippen LogP contribution in [0.1, 0.15) is 23.6 Å². The second-order valence-corrected chi connectivity index (χ2v) is 6.30.